The van der Waals surface area contributed by atoms with Crippen LogP contribution in [-0.2, 0) is 4.79 Å². The van der Waals surface area contributed by atoms with Crippen LogP contribution in [0, 0.1) is 0 Å². The molecule has 1 saturated carbocycles. The zero-order chi connectivity index (χ0) is 13.3. The summed E-state index contributed by atoms with van der Waals surface area (Å²) < 4.78 is 1.74. The molecular formula is C11H13ClN2O4. The number of rotatable bonds is 5. The molecule has 98 valence electrons. The molecule has 1 aromatic rings. The summed E-state index contributed by atoms with van der Waals surface area (Å²) in [4.78, 5) is 22.6. The van der Waals surface area contributed by atoms with Crippen LogP contribution in [0.25, 0.3) is 0 Å². The van der Waals surface area contributed by atoms with Gasteiger partial charge in [0.2, 0.25) is 0 Å². The number of hydrogen-bond acceptors (Lipinski definition) is 3. The maximum Gasteiger partial charge on any atom is 0.328 e. The molecule has 3 N–H and O–H groups in total. The van der Waals surface area contributed by atoms with Gasteiger partial charge in [-0.25, -0.2) is 4.79 Å². The molecule has 0 aromatic carbocycles. The maximum atomic E-state index is 11.9. The number of halogens is 1. The standard InChI is InChI=1S/C11H13ClN2O4/c12-6-3-9(14(4-6)7-1-2-7)10(16)13-8(5-15)11(17)18/h3-4,7-8,15H,1-2,5H2,(H,13,16)(H,17,18)/t8-/m1/s1. The number of hydrogen-bond donors (Lipinski definition) is 3. The van der Waals surface area contributed by atoms with Gasteiger partial charge in [-0.3, -0.25) is 4.79 Å². The molecule has 1 aromatic heterocycles. The highest BCUT2D eigenvalue weighted by molar-refractivity contribution is 6.31. The third-order valence-corrected chi connectivity index (χ3v) is 2.98. The van der Waals surface area contributed by atoms with Crippen molar-refractivity contribution in [1.29, 1.82) is 0 Å². The second-order valence-electron chi connectivity index (χ2n) is 4.23. The van der Waals surface area contributed by atoms with Crippen molar-refractivity contribution in [2.75, 3.05) is 6.61 Å². The van der Waals surface area contributed by atoms with E-state index in [1.54, 1.807) is 10.8 Å². The van der Waals surface area contributed by atoms with E-state index in [0.717, 1.165) is 12.8 Å². The Morgan fingerprint density at radius 1 is 1.56 bits per heavy atom. The quantitative estimate of drug-likeness (QED) is 0.734. The minimum Gasteiger partial charge on any atom is -0.480 e. The van der Waals surface area contributed by atoms with Crippen LogP contribution in [0.1, 0.15) is 29.4 Å². The van der Waals surface area contributed by atoms with Gasteiger partial charge in [0.1, 0.15) is 5.69 Å². The predicted molar refractivity (Wildman–Crippen MR) is 63.7 cm³/mol. The minimum atomic E-state index is -1.31. The van der Waals surface area contributed by atoms with Gasteiger partial charge in [-0.2, -0.15) is 0 Å². The van der Waals surface area contributed by atoms with Gasteiger partial charge in [0.25, 0.3) is 5.91 Å². The smallest absolute Gasteiger partial charge is 0.328 e. The Labute approximate surface area is 108 Å². The summed E-state index contributed by atoms with van der Waals surface area (Å²) in [5, 5.41) is 20.3. The molecule has 1 aliphatic rings. The van der Waals surface area contributed by atoms with Crippen molar-refractivity contribution < 1.29 is 19.8 Å². The van der Waals surface area contributed by atoms with Gasteiger partial charge in [-0.05, 0) is 18.9 Å². The number of aliphatic hydroxyl groups is 1. The Kier molecular flexibility index (Phi) is 3.58. The van der Waals surface area contributed by atoms with Gasteiger partial charge >= 0.3 is 5.97 Å². The van der Waals surface area contributed by atoms with E-state index in [9.17, 15) is 9.59 Å². The third kappa shape index (κ3) is 2.65. The van der Waals surface area contributed by atoms with Crippen molar-refractivity contribution in [1.82, 2.24) is 9.88 Å². The average Bonchev–Trinajstić information content (AvgIpc) is 3.08. The molecule has 6 nitrogen and oxygen atoms in total. The van der Waals surface area contributed by atoms with Gasteiger partial charge in [0.05, 0.1) is 11.6 Å². The lowest BCUT2D eigenvalue weighted by Crippen LogP contribution is -2.43. The van der Waals surface area contributed by atoms with E-state index in [4.69, 9.17) is 21.8 Å². The molecule has 1 fully saturated rings. The first-order valence-corrected chi connectivity index (χ1v) is 5.92. The molecule has 1 aliphatic carbocycles. The molecule has 0 radical (unpaired) electrons. The molecule has 2 rings (SSSR count). The summed E-state index contributed by atoms with van der Waals surface area (Å²) in [5.41, 5.74) is 0.321. The zero-order valence-corrected chi connectivity index (χ0v) is 10.2. The van der Waals surface area contributed by atoms with E-state index >= 15 is 0 Å². The number of carboxylic acid groups (broad SMARTS) is 1. The monoisotopic (exact) mass is 272 g/mol. The van der Waals surface area contributed by atoms with E-state index in [2.05, 4.69) is 5.32 Å². The van der Waals surface area contributed by atoms with Crippen molar-refractivity contribution in [2.45, 2.75) is 24.9 Å². The first-order chi connectivity index (χ1) is 8.52. The zero-order valence-electron chi connectivity index (χ0n) is 9.47. The fourth-order valence-electron chi connectivity index (χ4n) is 1.70. The fourth-order valence-corrected chi connectivity index (χ4v) is 1.91. The van der Waals surface area contributed by atoms with Crippen LogP contribution in [0.4, 0.5) is 0 Å². The second kappa shape index (κ2) is 4.99. The van der Waals surface area contributed by atoms with Gasteiger partial charge < -0.3 is 20.1 Å². The highest BCUT2D eigenvalue weighted by Gasteiger charge is 2.29. The lowest BCUT2D eigenvalue weighted by Gasteiger charge is -2.13. The highest BCUT2D eigenvalue weighted by Crippen LogP contribution is 2.37. The molecule has 0 aliphatic heterocycles. The number of nitrogens with zero attached hydrogens (tertiary/aromatic N) is 1. The van der Waals surface area contributed by atoms with E-state index in [1.807, 2.05) is 0 Å². The molecule has 18 heavy (non-hydrogen) atoms. The summed E-state index contributed by atoms with van der Waals surface area (Å²) in [5.74, 6) is -1.82. The molecule has 7 heteroatoms. The Bertz CT molecular complexity index is 481. The lowest BCUT2D eigenvalue weighted by atomic mass is 10.3. The van der Waals surface area contributed by atoms with E-state index in [-0.39, 0.29) is 6.04 Å². The Morgan fingerprint density at radius 2 is 2.22 bits per heavy atom. The van der Waals surface area contributed by atoms with Gasteiger partial charge in [0.15, 0.2) is 6.04 Å². The first kappa shape index (κ1) is 12.9. The molecular weight excluding hydrogens is 260 g/mol. The van der Waals surface area contributed by atoms with E-state index < -0.39 is 24.5 Å². The van der Waals surface area contributed by atoms with Crippen LogP contribution in [0.15, 0.2) is 12.3 Å². The SMILES string of the molecule is O=C(N[C@H](CO)C(=O)O)c1cc(Cl)cn1C1CC1. The number of carbonyl (C=O) groups excluding carboxylic acids is 1. The van der Waals surface area contributed by atoms with Crippen molar-refractivity contribution >= 4 is 23.5 Å². The van der Waals surface area contributed by atoms with Gasteiger partial charge in [-0.15, -0.1) is 0 Å². The van der Waals surface area contributed by atoms with E-state index in [0.29, 0.717) is 10.7 Å². The number of aliphatic hydroxyl groups excluding tert-OH is 1. The van der Waals surface area contributed by atoms with Crippen LogP contribution in [0.2, 0.25) is 5.02 Å². The van der Waals surface area contributed by atoms with Crippen LogP contribution in [0.3, 0.4) is 0 Å². The minimum absolute atomic E-state index is 0.260. The molecule has 0 spiro atoms. The van der Waals surface area contributed by atoms with E-state index in [1.165, 1.54) is 6.07 Å². The number of aromatic nitrogens is 1. The van der Waals surface area contributed by atoms with Crippen LogP contribution in [0.5, 0.6) is 0 Å². The predicted octanol–water partition coefficient (Wildman–Crippen LogP) is 0.652. The number of aliphatic carboxylic acids is 1. The van der Waals surface area contributed by atoms with Crippen LogP contribution < -0.4 is 5.32 Å². The molecule has 0 saturated heterocycles. The second-order valence-corrected chi connectivity index (χ2v) is 4.67. The topological polar surface area (TPSA) is 91.6 Å². The van der Waals surface area contributed by atoms with Gasteiger partial charge in [-0.1, -0.05) is 11.6 Å². The summed E-state index contributed by atoms with van der Waals surface area (Å²) in [6.45, 7) is -0.654. The summed E-state index contributed by atoms with van der Waals surface area (Å²) in [6.07, 6.45) is 3.62. The molecule has 1 heterocycles. The third-order valence-electron chi connectivity index (χ3n) is 2.77. The first-order valence-electron chi connectivity index (χ1n) is 5.55. The number of amides is 1. The fraction of sp³-hybridized carbons (Fsp3) is 0.455. The highest BCUT2D eigenvalue weighted by atomic mass is 35.5. The normalized spacial score (nSPS) is 16.3. The number of carbonyl (C=O) groups is 2. The van der Waals surface area contributed by atoms with Crippen molar-refractivity contribution in [3.05, 3.63) is 23.0 Å². The summed E-state index contributed by atoms with van der Waals surface area (Å²) in [6, 6.07) is 0.445. The van der Waals surface area contributed by atoms with Crippen LogP contribution >= 0.6 is 11.6 Å². The Morgan fingerprint density at radius 3 is 2.72 bits per heavy atom. The van der Waals surface area contributed by atoms with Crippen LogP contribution in [-0.4, -0.2) is 39.3 Å². The van der Waals surface area contributed by atoms with Crippen molar-refractivity contribution in [3.63, 3.8) is 0 Å². The van der Waals surface area contributed by atoms with Crippen molar-refractivity contribution in [3.8, 4) is 0 Å². The molecule has 1 atom stereocenters. The van der Waals surface area contributed by atoms with Crippen molar-refractivity contribution in [2.24, 2.45) is 0 Å². The Hall–Kier alpha value is -1.53. The largest absolute Gasteiger partial charge is 0.480 e. The number of carboxylic acids is 1. The lowest BCUT2D eigenvalue weighted by molar-refractivity contribution is -0.140. The molecule has 0 unspecified atom stereocenters. The maximum absolute atomic E-state index is 11.9. The van der Waals surface area contributed by atoms with Gasteiger partial charge in [0, 0.05) is 12.2 Å². The number of nitrogens with one attached hydrogen (secondary N) is 1. The molecule has 1 amide bonds. The summed E-state index contributed by atoms with van der Waals surface area (Å²) in [7, 11) is 0. The molecule has 0 bridgehead atoms. The Balaban J connectivity index is 2.15. The summed E-state index contributed by atoms with van der Waals surface area (Å²) >= 11 is 5.85. The average molecular weight is 273 g/mol.